The summed E-state index contributed by atoms with van der Waals surface area (Å²) in [5.74, 6) is 0. The van der Waals surface area contributed by atoms with Gasteiger partial charge in [0.25, 0.3) is 0 Å². The first-order valence-corrected chi connectivity index (χ1v) is 5.59. The minimum atomic E-state index is 0.903. The van der Waals surface area contributed by atoms with Crippen molar-refractivity contribution in [2.45, 2.75) is 6.42 Å². The Morgan fingerprint density at radius 3 is 2.40 bits per heavy atom. The Bertz CT molecular complexity index is 386. The van der Waals surface area contributed by atoms with Crippen LogP contribution in [0.3, 0.4) is 0 Å². The predicted molar refractivity (Wildman–Crippen MR) is 68.2 cm³/mol. The van der Waals surface area contributed by atoms with E-state index in [4.69, 9.17) is 0 Å². The molecule has 0 aliphatic carbocycles. The Balaban J connectivity index is 2.47. The summed E-state index contributed by atoms with van der Waals surface area (Å²) < 4.78 is 1.94. The van der Waals surface area contributed by atoms with E-state index in [1.807, 2.05) is 0 Å². The maximum atomic E-state index is 2.38. The lowest BCUT2D eigenvalue weighted by Gasteiger charge is -2.26. The number of benzene rings is 1. The highest BCUT2D eigenvalue weighted by Crippen LogP contribution is 2.34. The first kappa shape index (κ1) is 10.7. The quantitative estimate of drug-likeness (QED) is 0.617. The molecule has 0 aromatic heterocycles. The first-order valence-electron chi connectivity index (χ1n) is 5.59. The summed E-state index contributed by atoms with van der Waals surface area (Å²) in [4.78, 5) is 0. The number of quaternary nitrogens is 2. The van der Waals surface area contributed by atoms with Crippen molar-refractivity contribution >= 4 is 11.4 Å². The lowest BCUT2D eigenvalue weighted by molar-refractivity contribution is 0.433. The van der Waals surface area contributed by atoms with Crippen molar-refractivity contribution in [3.8, 4) is 0 Å². The zero-order chi connectivity index (χ0) is 11.3. The minimum absolute atomic E-state index is 0.903. The summed E-state index contributed by atoms with van der Waals surface area (Å²) in [6.45, 7) is 1.23. The van der Waals surface area contributed by atoms with Crippen LogP contribution >= 0.6 is 0 Å². The Morgan fingerprint density at radius 1 is 1.13 bits per heavy atom. The van der Waals surface area contributed by atoms with E-state index in [2.05, 4.69) is 53.4 Å². The van der Waals surface area contributed by atoms with Gasteiger partial charge in [-0.25, -0.2) is 0 Å². The Hall–Kier alpha value is -0.860. The molecule has 0 radical (unpaired) electrons. The highest BCUT2D eigenvalue weighted by molar-refractivity contribution is 5.60. The van der Waals surface area contributed by atoms with Gasteiger partial charge in [0.2, 0.25) is 0 Å². The van der Waals surface area contributed by atoms with E-state index in [-0.39, 0.29) is 0 Å². The average molecular weight is 206 g/mol. The monoisotopic (exact) mass is 206 g/mol. The molecule has 0 atom stereocenters. The number of rotatable bonds is 1. The number of hydrogen-bond donors (Lipinski definition) is 0. The molecule has 15 heavy (non-hydrogen) atoms. The topological polar surface area (TPSA) is 0 Å². The van der Waals surface area contributed by atoms with Crippen molar-refractivity contribution in [2.24, 2.45) is 0 Å². The van der Waals surface area contributed by atoms with Crippen LogP contribution in [-0.4, -0.2) is 41.8 Å². The fourth-order valence-electron chi connectivity index (χ4n) is 2.30. The second kappa shape index (κ2) is 3.06. The summed E-state index contributed by atoms with van der Waals surface area (Å²) in [6, 6.07) is 6.95. The maximum absolute atomic E-state index is 2.38. The molecule has 2 heteroatoms. The van der Waals surface area contributed by atoms with Gasteiger partial charge in [0, 0.05) is 30.2 Å². The number of likely N-dealkylation sites (N-methyl/N-ethyl adjacent to an activating group) is 1. The SMILES string of the molecule is C[N+](C)(C)c1ccc2c(c1)CC[N+]2(C)C. The van der Waals surface area contributed by atoms with Crippen molar-refractivity contribution in [1.82, 2.24) is 8.97 Å². The fourth-order valence-corrected chi connectivity index (χ4v) is 2.30. The van der Waals surface area contributed by atoms with Gasteiger partial charge in [-0.05, 0) is 0 Å². The van der Waals surface area contributed by atoms with Crippen LogP contribution in [0.1, 0.15) is 5.56 Å². The third kappa shape index (κ3) is 1.80. The van der Waals surface area contributed by atoms with E-state index in [1.54, 1.807) is 0 Å². The smallest absolute Gasteiger partial charge is 0.136 e. The molecule has 2 nitrogen and oxygen atoms in total. The molecule has 0 amide bonds. The second-order valence-electron chi connectivity index (χ2n) is 5.98. The largest absolute Gasteiger partial charge is 0.298 e. The van der Waals surface area contributed by atoms with Crippen molar-refractivity contribution in [3.63, 3.8) is 0 Å². The van der Waals surface area contributed by atoms with E-state index in [0.717, 1.165) is 8.97 Å². The van der Waals surface area contributed by atoms with Crippen LogP contribution in [0.2, 0.25) is 0 Å². The van der Waals surface area contributed by atoms with Gasteiger partial charge >= 0.3 is 0 Å². The molecule has 2 rings (SSSR count). The molecule has 0 bridgehead atoms. The van der Waals surface area contributed by atoms with Gasteiger partial charge in [-0.1, -0.05) is 0 Å². The third-order valence-electron chi connectivity index (χ3n) is 3.43. The van der Waals surface area contributed by atoms with E-state index >= 15 is 0 Å². The van der Waals surface area contributed by atoms with Crippen LogP contribution in [0.4, 0.5) is 11.4 Å². The lowest BCUT2D eigenvalue weighted by atomic mass is 10.1. The van der Waals surface area contributed by atoms with Gasteiger partial charge in [0.1, 0.15) is 11.4 Å². The average Bonchev–Trinajstić information content (AvgIpc) is 2.41. The molecular weight excluding hydrogens is 184 g/mol. The van der Waals surface area contributed by atoms with Crippen LogP contribution < -0.4 is 8.97 Å². The molecule has 1 aliphatic rings. The highest BCUT2D eigenvalue weighted by atomic mass is 15.3. The molecule has 1 aromatic rings. The van der Waals surface area contributed by atoms with Gasteiger partial charge in [-0.2, -0.15) is 0 Å². The fraction of sp³-hybridized carbons (Fsp3) is 0.538. The first-order chi connectivity index (χ1) is 6.81. The minimum Gasteiger partial charge on any atom is -0.298 e. The number of nitrogens with zero attached hydrogens (tertiary/aromatic N) is 2. The van der Waals surface area contributed by atoms with E-state index in [0.29, 0.717) is 0 Å². The normalized spacial score (nSPS) is 19.0. The summed E-state index contributed by atoms with van der Waals surface area (Å²) in [5, 5.41) is 0. The standard InChI is InChI=1S/C13H22N2/c1-14(2,3)12-6-7-13-11(10-12)8-9-15(13,4)5/h6-7,10H,8-9H2,1-5H3/q+2. The van der Waals surface area contributed by atoms with Gasteiger partial charge in [-0.3, -0.25) is 8.97 Å². The van der Waals surface area contributed by atoms with Crippen LogP contribution in [0.5, 0.6) is 0 Å². The Kier molecular flexibility index (Phi) is 2.18. The number of fused-ring (bicyclic) bond motifs is 1. The van der Waals surface area contributed by atoms with Gasteiger partial charge < -0.3 is 0 Å². The zero-order valence-corrected chi connectivity index (χ0v) is 10.5. The highest BCUT2D eigenvalue weighted by Gasteiger charge is 2.31. The number of hydrogen-bond acceptors (Lipinski definition) is 0. The van der Waals surface area contributed by atoms with Crippen molar-refractivity contribution in [2.75, 3.05) is 41.8 Å². The van der Waals surface area contributed by atoms with E-state index in [9.17, 15) is 0 Å². The Labute approximate surface area is 92.9 Å². The van der Waals surface area contributed by atoms with Crippen LogP contribution in [0, 0.1) is 0 Å². The Morgan fingerprint density at radius 2 is 1.80 bits per heavy atom. The molecule has 1 aliphatic heterocycles. The lowest BCUT2D eigenvalue weighted by Crippen LogP contribution is -2.38. The summed E-state index contributed by atoms with van der Waals surface area (Å²) >= 11 is 0. The maximum Gasteiger partial charge on any atom is 0.136 e. The summed E-state index contributed by atoms with van der Waals surface area (Å²) in [6.07, 6.45) is 1.22. The third-order valence-corrected chi connectivity index (χ3v) is 3.43. The molecule has 0 unspecified atom stereocenters. The van der Waals surface area contributed by atoms with Crippen molar-refractivity contribution in [1.29, 1.82) is 0 Å². The molecular formula is C13H22N2+2. The predicted octanol–water partition coefficient (Wildman–Crippen LogP) is 2.01. The van der Waals surface area contributed by atoms with Crippen LogP contribution in [0.25, 0.3) is 0 Å². The molecule has 0 saturated carbocycles. The van der Waals surface area contributed by atoms with Gasteiger partial charge in [0.15, 0.2) is 0 Å². The van der Waals surface area contributed by atoms with Crippen molar-refractivity contribution in [3.05, 3.63) is 23.8 Å². The molecule has 0 saturated heterocycles. The van der Waals surface area contributed by atoms with Crippen LogP contribution in [-0.2, 0) is 6.42 Å². The molecule has 1 aromatic carbocycles. The summed E-state index contributed by atoms with van der Waals surface area (Å²) in [5.41, 5.74) is 4.42. The molecule has 0 fully saturated rings. The van der Waals surface area contributed by atoms with E-state index in [1.165, 1.54) is 29.9 Å². The second-order valence-corrected chi connectivity index (χ2v) is 5.98. The van der Waals surface area contributed by atoms with Crippen LogP contribution in [0.15, 0.2) is 18.2 Å². The zero-order valence-electron chi connectivity index (χ0n) is 10.5. The molecule has 82 valence electrons. The van der Waals surface area contributed by atoms with E-state index < -0.39 is 0 Å². The molecule has 0 spiro atoms. The molecule has 1 heterocycles. The molecule has 0 N–H and O–H groups in total. The van der Waals surface area contributed by atoms with Crippen molar-refractivity contribution < 1.29 is 0 Å². The van der Waals surface area contributed by atoms with Gasteiger partial charge in [0.05, 0.1) is 41.8 Å². The van der Waals surface area contributed by atoms with Gasteiger partial charge in [-0.15, -0.1) is 0 Å². The summed E-state index contributed by atoms with van der Waals surface area (Å²) in [7, 11) is 11.2.